The molecule has 0 fully saturated rings. The van der Waals surface area contributed by atoms with Crippen LogP contribution >= 0.6 is 10.3 Å². The Bertz CT molecular complexity index is 1210. The minimum Gasteiger partial charge on any atom is -0.507 e. The van der Waals surface area contributed by atoms with Gasteiger partial charge in [-0.05, 0) is 94.8 Å². The fraction of sp³-hybridized carbons (Fsp3) is 0.265. The second-order valence-electron chi connectivity index (χ2n) is 9.63. The Morgan fingerprint density at radius 3 is 1.32 bits per heavy atom. The normalized spacial score (nSPS) is 11.8. The third-order valence-electron chi connectivity index (χ3n) is 6.71. The molecule has 4 rings (SSSR count). The molecule has 0 saturated heterocycles. The molecule has 198 valence electrons. The molecule has 0 unspecified atom stereocenters. The van der Waals surface area contributed by atoms with E-state index in [1.807, 2.05) is 0 Å². The largest absolute Gasteiger partial charge is 0.507 e. The van der Waals surface area contributed by atoms with Crippen molar-refractivity contribution in [1.82, 2.24) is 0 Å². The van der Waals surface area contributed by atoms with E-state index < -0.39 is 16.3 Å². The van der Waals surface area contributed by atoms with E-state index in [0.29, 0.717) is 0 Å². The molecule has 0 bridgehead atoms. The smallest absolute Gasteiger partial charge is 0.353 e. The topological polar surface area (TPSA) is 46.5 Å². The zero-order valence-electron chi connectivity index (χ0n) is 22.7. The Hall–Kier alpha value is -3.50. The number of para-hydroxylation sites is 1. The van der Waals surface area contributed by atoms with Crippen LogP contribution in [0.2, 0.25) is 0 Å². The van der Waals surface area contributed by atoms with E-state index in [-0.39, 0.29) is 11.3 Å². The molecule has 1 N–H and O–H groups in total. The summed E-state index contributed by atoms with van der Waals surface area (Å²) in [5.74, 6) is -0.619. The second kappa shape index (κ2) is 12.8. The van der Waals surface area contributed by atoms with Gasteiger partial charge in [0.05, 0.1) is 0 Å². The number of hydrogen-bond donors (Lipinski definition) is 1. The van der Waals surface area contributed by atoms with E-state index in [1.54, 1.807) is 18.2 Å². The molecule has 4 heteroatoms. The maximum atomic E-state index is 13.7. The molecule has 3 nitrogen and oxygen atoms in total. The maximum absolute atomic E-state index is 13.7. The van der Waals surface area contributed by atoms with Crippen molar-refractivity contribution in [3.05, 3.63) is 119 Å². The summed E-state index contributed by atoms with van der Waals surface area (Å²) in [7, 11) is -2.45. The molecule has 0 aliphatic heterocycles. The van der Waals surface area contributed by atoms with Crippen molar-refractivity contribution in [2.75, 3.05) is 0 Å². The molecule has 0 heterocycles. The van der Waals surface area contributed by atoms with E-state index in [2.05, 4.69) is 93.6 Å². The summed E-state index contributed by atoms with van der Waals surface area (Å²) >= 11 is 0. The van der Waals surface area contributed by atoms with Gasteiger partial charge in [0, 0.05) is 14.7 Å². The highest BCUT2D eigenvalue weighted by atomic mass is 32.3. The summed E-state index contributed by atoms with van der Waals surface area (Å²) in [5.41, 5.74) is 3.94. The molecule has 0 aliphatic rings. The van der Waals surface area contributed by atoms with Crippen molar-refractivity contribution in [2.24, 2.45) is 0 Å². The molecule has 0 saturated carbocycles. The number of aromatic hydroxyl groups is 1. The summed E-state index contributed by atoms with van der Waals surface area (Å²) in [6.45, 7) is 6.52. The molecular weight excluding hydrogens is 488 g/mol. The fourth-order valence-corrected chi connectivity index (χ4v) is 7.75. The van der Waals surface area contributed by atoms with Gasteiger partial charge in [-0.1, -0.05) is 88.6 Å². The number of carbonyl (C=O) groups excluding carboxylic acids is 1. The number of hydrogen-bond acceptors (Lipinski definition) is 3. The van der Waals surface area contributed by atoms with Gasteiger partial charge in [-0.3, -0.25) is 0 Å². The third kappa shape index (κ3) is 5.97. The van der Waals surface area contributed by atoms with Gasteiger partial charge >= 0.3 is 5.97 Å². The van der Waals surface area contributed by atoms with Gasteiger partial charge in [0.2, 0.25) is 0 Å². The van der Waals surface area contributed by atoms with Gasteiger partial charge in [-0.25, -0.2) is 4.79 Å². The first-order valence-electron chi connectivity index (χ1n) is 13.6. The van der Waals surface area contributed by atoms with Gasteiger partial charge in [0.25, 0.3) is 0 Å². The minimum atomic E-state index is -2.45. The molecular formula is C34H38O3S. The monoisotopic (exact) mass is 526 g/mol. The van der Waals surface area contributed by atoms with E-state index >= 15 is 0 Å². The van der Waals surface area contributed by atoms with Crippen molar-refractivity contribution in [3.8, 4) is 5.75 Å². The highest BCUT2D eigenvalue weighted by Crippen LogP contribution is 2.69. The SMILES string of the molecule is CCCc1ccc(S(OC(=O)c2ccccc2O)(c2ccc(CCC)cc2)c2ccc(CCC)cc2)cc1. The summed E-state index contributed by atoms with van der Waals surface area (Å²) in [5, 5.41) is 10.5. The second-order valence-corrected chi connectivity index (χ2v) is 12.3. The van der Waals surface area contributed by atoms with Crippen LogP contribution in [0.25, 0.3) is 0 Å². The van der Waals surface area contributed by atoms with Crippen LogP contribution in [-0.2, 0) is 23.4 Å². The quantitative estimate of drug-likeness (QED) is 0.212. The van der Waals surface area contributed by atoms with Gasteiger partial charge in [0.1, 0.15) is 11.3 Å². The van der Waals surface area contributed by atoms with E-state index in [0.717, 1.165) is 53.2 Å². The average molecular weight is 527 g/mol. The first kappa shape index (κ1) is 27.5. The van der Waals surface area contributed by atoms with E-state index in [4.69, 9.17) is 4.18 Å². The van der Waals surface area contributed by atoms with Crippen LogP contribution in [0.1, 0.15) is 67.1 Å². The van der Waals surface area contributed by atoms with Crippen molar-refractivity contribution in [3.63, 3.8) is 0 Å². The molecule has 0 spiro atoms. The van der Waals surface area contributed by atoms with Gasteiger partial charge in [-0.2, -0.15) is 0 Å². The molecule has 38 heavy (non-hydrogen) atoms. The molecule has 0 aliphatic carbocycles. The maximum Gasteiger partial charge on any atom is 0.353 e. The van der Waals surface area contributed by atoms with Crippen LogP contribution < -0.4 is 0 Å². The number of benzene rings is 4. The van der Waals surface area contributed by atoms with Crippen molar-refractivity contribution in [1.29, 1.82) is 0 Å². The zero-order valence-corrected chi connectivity index (χ0v) is 23.5. The van der Waals surface area contributed by atoms with Crippen LogP contribution in [0.5, 0.6) is 5.75 Å². The molecule has 0 atom stereocenters. The predicted octanol–water partition coefficient (Wildman–Crippen LogP) is 9.30. The molecule has 0 radical (unpaired) electrons. The van der Waals surface area contributed by atoms with Gasteiger partial charge < -0.3 is 9.29 Å². The summed E-state index contributed by atoms with van der Waals surface area (Å²) in [6.07, 6.45) is 6.19. The number of phenolic OH excluding ortho intramolecular Hbond substituents is 1. The van der Waals surface area contributed by atoms with E-state index in [9.17, 15) is 9.90 Å². The molecule has 0 amide bonds. The predicted molar refractivity (Wildman–Crippen MR) is 157 cm³/mol. The highest BCUT2D eigenvalue weighted by Gasteiger charge is 2.36. The summed E-state index contributed by atoms with van der Waals surface area (Å²) in [4.78, 5) is 16.6. The Morgan fingerprint density at radius 2 is 0.974 bits per heavy atom. The van der Waals surface area contributed by atoms with Crippen LogP contribution in [0.3, 0.4) is 0 Å². The lowest BCUT2D eigenvalue weighted by Crippen LogP contribution is -2.14. The van der Waals surface area contributed by atoms with Crippen molar-refractivity contribution in [2.45, 2.75) is 74.0 Å². The molecule has 4 aromatic rings. The van der Waals surface area contributed by atoms with Crippen LogP contribution in [0.15, 0.2) is 112 Å². The lowest BCUT2D eigenvalue weighted by atomic mass is 10.1. The standard InChI is InChI=1S/C34H38O3S/c1-4-9-26-14-20-29(21-15-26)38(30-22-16-27(10-5-2)17-23-30,31-24-18-28(11-6-3)19-25-31)37-34(36)32-12-7-8-13-33(32)35/h7-8,12-25,35H,4-6,9-11H2,1-3H3. The summed E-state index contributed by atoms with van der Waals surface area (Å²) < 4.78 is 6.65. The van der Waals surface area contributed by atoms with Crippen LogP contribution in [-0.4, -0.2) is 11.1 Å². The van der Waals surface area contributed by atoms with Crippen LogP contribution in [0, 0.1) is 0 Å². The minimum absolute atomic E-state index is 0.0827. The van der Waals surface area contributed by atoms with Crippen molar-refractivity contribution < 1.29 is 14.1 Å². The molecule has 0 aromatic heterocycles. The lowest BCUT2D eigenvalue weighted by molar-refractivity contribution is 0.0754. The Balaban J connectivity index is 1.94. The first-order valence-corrected chi connectivity index (χ1v) is 15.2. The summed E-state index contributed by atoms with van der Waals surface area (Å²) in [6, 6.07) is 32.1. The number of rotatable bonds is 11. The average Bonchev–Trinajstić information content (AvgIpc) is 2.94. The first-order chi connectivity index (χ1) is 18.5. The number of aryl methyl sites for hydroxylation is 3. The third-order valence-corrected chi connectivity index (χ3v) is 9.92. The van der Waals surface area contributed by atoms with Gasteiger partial charge in [-0.15, -0.1) is 0 Å². The van der Waals surface area contributed by atoms with Gasteiger partial charge in [0.15, 0.2) is 0 Å². The Kier molecular flexibility index (Phi) is 9.30. The fourth-order valence-electron chi connectivity index (χ4n) is 4.77. The Labute approximate surface area is 229 Å². The lowest BCUT2D eigenvalue weighted by Gasteiger charge is -2.40. The van der Waals surface area contributed by atoms with E-state index in [1.165, 1.54) is 22.8 Å². The number of carbonyl (C=O) groups is 1. The Morgan fingerprint density at radius 1 is 0.605 bits per heavy atom. The van der Waals surface area contributed by atoms with Crippen LogP contribution in [0.4, 0.5) is 0 Å². The zero-order chi connectivity index (χ0) is 27.0. The number of phenols is 1. The van der Waals surface area contributed by atoms with Crippen molar-refractivity contribution >= 4 is 16.3 Å². The molecule has 4 aromatic carbocycles. The highest BCUT2D eigenvalue weighted by molar-refractivity contribution is 8.30.